The van der Waals surface area contributed by atoms with Crippen molar-refractivity contribution in [2.75, 3.05) is 13.7 Å². The number of alkyl carbamates (subject to hydrolysis) is 1. The molecule has 0 fully saturated rings. The average Bonchev–Trinajstić information content (AvgIpc) is 3.07. The van der Waals surface area contributed by atoms with Gasteiger partial charge in [-0.25, -0.2) is 14.6 Å². The average molecular weight is 378 g/mol. The van der Waals surface area contributed by atoms with Crippen LogP contribution in [0.1, 0.15) is 42.9 Å². The van der Waals surface area contributed by atoms with Gasteiger partial charge in [0.05, 0.1) is 30.1 Å². The molecule has 2 N–H and O–H groups in total. The Morgan fingerprint density at radius 2 is 1.92 bits per heavy atom. The molecule has 1 amide bonds. The highest BCUT2D eigenvalue weighted by Gasteiger charge is 2.21. The molecule has 0 bridgehead atoms. The maximum Gasteiger partial charge on any atom is 0.408 e. The van der Waals surface area contributed by atoms with E-state index in [2.05, 4.69) is 10.3 Å². The Hall–Kier alpha value is -2.45. The fraction of sp³-hybridized carbons (Fsp3) is 0.389. The number of nitrogens with zero attached hydrogens (tertiary/aromatic N) is 1. The first-order valence-electron chi connectivity index (χ1n) is 7.97. The Morgan fingerprint density at radius 3 is 2.46 bits per heavy atom. The number of nitrogens with one attached hydrogen (secondary N) is 1. The van der Waals surface area contributed by atoms with E-state index in [1.807, 2.05) is 0 Å². The van der Waals surface area contributed by atoms with Crippen LogP contribution in [-0.4, -0.2) is 41.5 Å². The predicted octanol–water partition coefficient (Wildman–Crippen LogP) is 3.15. The van der Waals surface area contributed by atoms with E-state index in [1.54, 1.807) is 50.5 Å². The van der Waals surface area contributed by atoms with Crippen LogP contribution in [0, 0.1) is 0 Å². The molecule has 26 heavy (non-hydrogen) atoms. The molecule has 0 aliphatic heterocycles. The maximum atomic E-state index is 11.9. The summed E-state index contributed by atoms with van der Waals surface area (Å²) in [5.74, 6) is -0.495. The molecule has 0 spiro atoms. The fourth-order valence-electron chi connectivity index (χ4n) is 2.24. The summed E-state index contributed by atoms with van der Waals surface area (Å²) in [5.41, 5.74) is 2.73. The second kappa shape index (κ2) is 8.29. The van der Waals surface area contributed by atoms with Gasteiger partial charge in [-0.2, -0.15) is 0 Å². The van der Waals surface area contributed by atoms with Crippen molar-refractivity contribution in [3.63, 3.8) is 0 Å². The zero-order valence-electron chi connectivity index (χ0n) is 15.1. The largest absolute Gasteiger partial charge is 0.464 e. The first kappa shape index (κ1) is 19.9. The molecule has 8 heteroatoms. The van der Waals surface area contributed by atoms with Gasteiger partial charge >= 0.3 is 12.1 Å². The van der Waals surface area contributed by atoms with Crippen molar-refractivity contribution in [1.29, 1.82) is 0 Å². The zero-order valence-corrected chi connectivity index (χ0v) is 15.9. The van der Waals surface area contributed by atoms with E-state index in [9.17, 15) is 14.7 Å². The van der Waals surface area contributed by atoms with E-state index in [0.29, 0.717) is 10.4 Å². The molecule has 0 aliphatic carbocycles. The Kier molecular flexibility index (Phi) is 6.33. The molecule has 0 aliphatic rings. The van der Waals surface area contributed by atoms with Crippen LogP contribution >= 0.6 is 11.3 Å². The first-order valence-corrected chi connectivity index (χ1v) is 8.85. The zero-order chi connectivity index (χ0) is 19.3. The topological polar surface area (TPSA) is 97.8 Å². The van der Waals surface area contributed by atoms with Crippen LogP contribution in [-0.2, 0) is 9.47 Å². The minimum Gasteiger partial charge on any atom is -0.464 e. The molecule has 0 radical (unpaired) electrons. The Morgan fingerprint density at radius 1 is 1.27 bits per heavy atom. The predicted molar refractivity (Wildman–Crippen MR) is 98.1 cm³/mol. The lowest BCUT2D eigenvalue weighted by molar-refractivity contribution is 0.0481. The van der Waals surface area contributed by atoms with Gasteiger partial charge in [0.1, 0.15) is 5.60 Å². The summed E-state index contributed by atoms with van der Waals surface area (Å²) in [6.07, 6.45) is -0.601. The third-order valence-corrected chi connectivity index (χ3v) is 4.27. The normalized spacial score (nSPS) is 12.3. The maximum absolute atomic E-state index is 11.9. The van der Waals surface area contributed by atoms with Crippen LogP contribution in [0.3, 0.4) is 0 Å². The number of esters is 1. The van der Waals surface area contributed by atoms with Crippen molar-refractivity contribution in [2.45, 2.75) is 32.4 Å². The van der Waals surface area contributed by atoms with Crippen LogP contribution in [0.15, 0.2) is 29.8 Å². The molecule has 1 aromatic carbocycles. The number of ether oxygens (including phenoxy) is 2. The minimum absolute atomic E-state index is 0.260. The van der Waals surface area contributed by atoms with Crippen molar-refractivity contribution < 1.29 is 24.2 Å². The number of amides is 1. The molecule has 0 saturated carbocycles. The quantitative estimate of drug-likeness (QED) is 0.776. The van der Waals surface area contributed by atoms with Gasteiger partial charge in [0.25, 0.3) is 0 Å². The number of aliphatic hydroxyl groups is 1. The minimum atomic E-state index is -0.621. The molecule has 7 nitrogen and oxygen atoms in total. The number of hydrogen-bond acceptors (Lipinski definition) is 7. The first-order chi connectivity index (χ1) is 12.2. The number of carbonyl (C=O) groups excluding carboxylic acids is 2. The summed E-state index contributed by atoms with van der Waals surface area (Å²) in [6, 6.07) is 6.55. The number of aliphatic hydroxyl groups excluding tert-OH is 1. The van der Waals surface area contributed by atoms with Crippen LogP contribution in [0.25, 0.3) is 10.4 Å². The Balaban J connectivity index is 2.16. The number of carbonyl (C=O) groups is 2. The van der Waals surface area contributed by atoms with Gasteiger partial charge < -0.3 is 19.9 Å². The molecule has 140 valence electrons. The number of hydrogen-bond donors (Lipinski definition) is 2. The molecule has 1 heterocycles. The number of methoxy groups -OCH3 is 1. The Labute approximate surface area is 156 Å². The van der Waals surface area contributed by atoms with Gasteiger partial charge in [-0.3, -0.25) is 0 Å². The summed E-state index contributed by atoms with van der Waals surface area (Å²) in [7, 11) is 1.31. The summed E-state index contributed by atoms with van der Waals surface area (Å²) in [4.78, 5) is 28.4. The molecule has 1 atom stereocenters. The highest BCUT2D eigenvalue weighted by atomic mass is 32.1. The van der Waals surface area contributed by atoms with Gasteiger partial charge in [-0.1, -0.05) is 24.3 Å². The third-order valence-electron chi connectivity index (χ3n) is 3.39. The van der Waals surface area contributed by atoms with Gasteiger partial charge in [-0.05, 0) is 31.9 Å². The summed E-state index contributed by atoms with van der Waals surface area (Å²) in [6.45, 7) is 5.03. The Bertz CT molecular complexity index is 765. The summed E-state index contributed by atoms with van der Waals surface area (Å²) < 4.78 is 9.94. The number of benzene rings is 1. The lowest BCUT2D eigenvalue weighted by atomic mass is 10.0. The van der Waals surface area contributed by atoms with Crippen LogP contribution in [0.2, 0.25) is 0 Å². The molecule has 1 aromatic heterocycles. The van der Waals surface area contributed by atoms with Gasteiger partial charge in [0, 0.05) is 0 Å². The van der Waals surface area contributed by atoms with Crippen molar-refractivity contribution in [3.8, 4) is 10.4 Å². The van der Waals surface area contributed by atoms with Gasteiger partial charge in [0.15, 0.2) is 5.69 Å². The van der Waals surface area contributed by atoms with E-state index in [1.165, 1.54) is 18.4 Å². The molecular formula is C18H22N2O5S. The second-order valence-corrected chi connectivity index (χ2v) is 7.38. The smallest absolute Gasteiger partial charge is 0.408 e. The van der Waals surface area contributed by atoms with E-state index in [0.717, 1.165) is 5.56 Å². The lowest BCUT2D eigenvalue weighted by Gasteiger charge is -2.23. The monoisotopic (exact) mass is 378 g/mol. The van der Waals surface area contributed by atoms with Crippen molar-refractivity contribution in [2.24, 2.45) is 0 Å². The fourth-order valence-corrected chi connectivity index (χ4v) is 3.03. The highest BCUT2D eigenvalue weighted by Crippen LogP contribution is 2.29. The molecule has 1 unspecified atom stereocenters. The number of aromatic nitrogens is 1. The van der Waals surface area contributed by atoms with Crippen LogP contribution in [0.5, 0.6) is 0 Å². The van der Waals surface area contributed by atoms with Crippen LogP contribution < -0.4 is 5.32 Å². The standard InChI is InChI=1S/C18H22N2O5S/c1-18(2,3)25-17(23)20-13(9-21)11-5-7-12(8-6-11)15-14(16(22)24-4)19-10-26-15/h5-8,10,13,21H,9H2,1-4H3,(H,20,23). The lowest BCUT2D eigenvalue weighted by Crippen LogP contribution is -2.36. The second-order valence-electron chi connectivity index (χ2n) is 6.53. The molecule has 2 rings (SSSR count). The van der Waals surface area contributed by atoms with Crippen molar-refractivity contribution in [1.82, 2.24) is 10.3 Å². The van der Waals surface area contributed by atoms with E-state index in [4.69, 9.17) is 9.47 Å². The number of rotatable bonds is 5. The highest BCUT2D eigenvalue weighted by molar-refractivity contribution is 7.13. The van der Waals surface area contributed by atoms with Crippen molar-refractivity contribution in [3.05, 3.63) is 41.0 Å². The molecule has 2 aromatic rings. The van der Waals surface area contributed by atoms with E-state index in [-0.39, 0.29) is 12.3 Å². The van der Waals surface area contributed by atoms with Crippen LogP contribution in [0.4, 0.5) is 4.79 Å². The SMILES string of the molecule is COC(=O)c1ncsc1-c1ccc(C(CO)NC(=O)OC(C)(C)C)cc1. The summed E-state index contributed by atoms with van der Waals surface area (Å²) >= 11 is 1.33. The summed E-state index contributed by atoms with van der Waals surface area (Å²) in [5, 5.41) is 12.2. The molecular weight excluding hydrogens is 356 g/mol. The van der Waals surface area contributed by atoms with Crippen molar-refractivity contribution >= 4 is 23.4 Å². The molecule has 0 saturated heterocycles. The van der Waals surface area contributed by atoms with Gasteiger partial charge in [-0.15, -0.1) is 11.3 Å². The number of thiazole rings is 1. The van der Waals surface area contributed by atoms with E-state index < -0.39 is 23.7 Å². The van der Waals surface area contributed by atoms with E-state index >= 15 is 0 Å². The van der Waals surface area contributed by atoms with Gasteiger partial charge in [0.2, 0.25) is 0 Å². The third kappa shape index (κ3) is 5.03.